The Bertz CT molecular complexity index is 345. The van der Waals surface area contributed by atoms with Crippen LogP contribution in [0, 0.1) is 0 Å². The average molecular weight is 217 g/mol. The molecule has 0 amide bonds. The van der Waals surface area contributed by atoms with Crippen molar-refractivity contribution in [2.24, 2.45) is 0 Å². The summed E-state index contributed by atoms with van der Waals surface area (Å²) >= 11 is 0. The van der Waals surface area contributed by atoms with Gasteiger partial charge in [-0.25, -0.2) is 8.42 Å². The molecule has 0 aromatic heterocycles. The molecular weight excluding hydrogens is 202 g/mol. The molecule has 2 aliphatic heterocycles. The summed E-state index contributed by atoms with van der Waals surface area (Å²) in [7, 11) is -2.89. The van der Waals surface area contributed by atoms with Crippen LogP contribution in [0.4, 0.5) is 0 Å². The molecule has 2 saturated heterocycles. The number of hydroxylamine groups is 2. The quantitative estimate of drug-likeness (QED) is 0.587. The number of sulfone groups is 1. The maximum absolute atomic E-state index is 11.9. The Morgan fingerprint density at radius 1 is 1.29 bits per heavy atom. The first-order valence-electron chi connectivity index (χ1n) is 5.27. The lowest BCUT2D eigenvalue weighted by atomic mass is 9.93. The van der Waals surface area contributed by atoms with Crippen LogP contribution >= 0.6 is 0 Å². The first-order chi connectivity index (χ1) is 6.65. The Kier molecular flexibility index (Phi) is 1.77. The molecule has 1 spiro atoms. The van der Waals surface area contributed by atoms with E-state index in [-0.39, 0.29) is 16.5 Å². The van der Waals surface area contributed by atoms with Crippen molar-refractivity contribution in [3.05, 3.63) is 0 Å². The molecular formula is C9H15NO3S. The van der Waals surface area contributed by atoms with Gasteiger partial charge in [-0.05, 0) is 12.8 Å². The lowest BCUT2D eigenvalue weighted by Gasteiger charge is -2.39. The summed E-state index contributed by atoms with van der Waals surface area (Å²) in [6, 6.07) is 0. The van der Waals surface area contributed by atoms with Crippen molar-refractivity contribution in [1.29, 1.82) is 0 Å². The summed E-state index contributed by atoms with van der Waals surface area (Å²) < 4.78 is 23.8. The van der Waals surface area contributed by atoms with Crippen molar-refractivity contribution in [3.8, 4) is 0 Å². The van der Waals surface area contributed by atoms with Crippen LogP contribution in [0.3, 0.4) is 0 Å². The lowest BCUT2D eigenvalue weighted by Crippen LogP contribution is -2.57. The zero-order valence-electron chi connectivity index (χ0n) is 8.11. The van der Waals surface area contributed by atoms with E-state index in [0.717, 1.165) is 25.7 Å². The fourth-order valence-corrected chi connectivity index (χ4v) is 5.23. The summed E-state index contributed by atoms with van der Waals surface area (Å²) in [6.45, 7) is 0.959. The van der Waals surface area contributed by atoms with Gasteiger partial charge in [0.2, 0.25) is 0 Å². The van der Waals surface area contributed by atoms with Crippen LogP contribution in [0.5, 0.6) is 0 Å². The molecule has 2 heterocycles. The molecule has 4 nitrogen and oxygen atoms in total. The minimum atomic E-state index is -2.89. The zero-order chi connectivity index (χ0) is 9.81. The number of nitrogens with zero attached hydrogens (tertiary/aromatic N) is 1. The van der Waals surface area contributed by atoms with Crippen molar-refractivity contribution in [2.45, 2.75) is 36.5 Å². The molecule has 0 N–H and O–H groups in total. The van der Waals surface area contributed by atoms with E-state index >= 15 is 0 Å². The fourth-order valence-electron chi connectivity index (χ4n) is 3.24. The third-order valence-electron chi connectivity index (χ3n) is 3.96. The maximum Gasteiger partial charge on any atom is 0.158 e. The van der Waals surface area contributed by atoms with E-state index in [1.807, 2.05) is 5.06 Å². The highest BCUT2D eigenvalue weighted by Gasteiger charge is 2.59. The Morgan fingerprint density at radius 3 is 2.71 bits per heavy atom. The largest absolute Gasteiger partial charge is 0.297 e. The second-order valence-electron chi connectivity index (χ2n) is 4.56. The van der Waals surface area contributed by atoms with Crippen LogP contribution in [0.2, 0.25) is 0 Å². The van der Waals surface area contributed by atoms with Crippen LogP contribution in [0.1, 0.15) is 25.7 Å². The Labute approximate surface area is 84.1 Å². The van der Waals surface area contributed by atoms with E-state index < -0.39 is 9.84 Å². The molecule has 0 aromatic rings. The van der Waals surface area contributed by atoms with Gasteiger partial charge in [-0.15, -0.1) is 0 Å². The number of hydrogen-bond acceptors (Lipinski definition) is 4. The molecule has 3 aliphatic rings. The maximum atomic E-state index is 11.9. The minimum Gasteiger partial charge on any atom is -0.297 e. The van der Waals surface area contributed by atoms with Gasteiger partial charge in [0.1, 0.15) is 5.25 Å². The standard InChI is InChI=1S/C9H15NO3S/c11-14(12)6-5-10-9(3-1-2-4-9)8(14)7-13-10/h8H,1-7H2. The van der Waals surface area contributed by atoms with Crippen molar-refractivity contribution in [3.63, 3.8) is 0 Å². The van der Waals surface area contributed by atoms with Crippen molar-refractivity contribution in [1.82, 2.24) is 5.06 Å². The summed E-state index contributed by atoms with van der Waals surface area (Å²) in [5.41, 5.74) is -0.142. The second kappa shape index (κ2) is 2.71. The Balaban J connectivity index is 2.06. The summed E-state index contributed by atoms with van der Waals surface area (Å²) in [6.07, 6.45) is 4.28. The summed E-state index contributed by atoms with van der Waals surface area (Å²) in [5.74, 6) is 0.277. The van der Waals surface area contributed by atoms with Gasteiger partial charge < -0.3 is 0 Å². The monoisotopic (exact) mass is 217 g/mol. The molecule has 0 radical (unpaired) electrons. The highest BCUT2D eigenvalue weighted by atomic mass is 32.2. The molecule has 3 rings (SSSR count). The molecule has 3 fully saturated rings. The molecule has 14 heavy (non-hydrogen) atoms. The van der Waals surface area contributed by atoms with E-state index in [2.05, 4.69) is 0 Å². The van der Waals surface area contributed by atoms with Crippen molar-refractivity contribution >= 4 is 9.84 Å². The molecule has 2 atom stereocenters. The molecule has 2 bridgehead atoms. The third-order valence-corrected chi connectivity index (χ3v) is 6.15. The second-order valence-corrected chi connectivity index (χ2v) is 6.87. The predicted molar refractivity (Wildman–Crippen MR) is 51.4 cm³/mol. The van der Waals surface area contributed by atoms with Gasteiger partial charge in [0, 0.05) is 6.54 Å². The molecule has 1 saturated carbocycles. The van der Waals surface area contributed by atoms with Gasteiger partial charge in [-0.3, -0.25) is 4.84 Å². The van der Waals surface area contributed by atoms with Gasteiger partial charge in [0.25, 0.3) is 0 Å². The van der Waals surface area contributed by atoms with Gasteiger partial charge in [0.15, 0.2) is 9.84 Å². The third kappa shape index (κ3) is 0.978. The van der Waals surface area contributed by atoms with E-state index in [1.54, 1.807) is 0 Å². The van der Waals surface area contributed by atoms with Gasteiger partial charge in [-0.1, -0.05) is 12.8 Å². The predicted octanol–water partition coefficient (Wildman–Crippen LogP) is 0.343. The first-order valence-corrected chi connectivity index (χ1v) is 6.99. The molecule has 5 heteroatoms. The molecule has 1 aliphatic carbocycles. The topological polar surface area (TPSA) is 46.6 Å². The molecule has 2 unspecified atom stereocenters. The first kappa shape index (κ1) is 9.12. The highest BCUT2D eigenvalue weighted by molar-refractivity contribution is 7.92. The van der Waals surface area contributed by atoms with Gasteiger partial charge >= 0.3 is 0 Å². The molecule has 80 valence electrons. The van der Waals surface area contributed by atoms with Crippen LogP contribution in [-0.4, -0.2) is 43.2 Å². The fraction of sp³-hybridized carbons (Fsp3) is 1.00. The van der Waals surface area contributed by atoms with Crippen LogP contribution in [0.15, 0.2) is 0 Å². The van der Waals surface area contributed by atoms with Crippen LogP contribution in [0.25, 0.3) is 0 Å². The highest BCUT2D eigenvalue weighted by Crippen LogP contribution is 2.47. The van der Waals surface area contributed by atoms with Crippen LogP contribution < -0.4 is 0 Å². The zero-order valence-corrected chi connectivity index (χ0v) is 8.92. The summed E-state index contributed by atoms with van der Waals surface area (Å²) in [5, 5.41) is 1.72. The molecule has 0 aromatic carbocycles. The normalized spacial score (nSPS) is 43.1. The number of rotatable bonds is 0. The van der Waals surface area contributed by atoms with E-state index in [1.165, 1.54) is 0 Å². The Hall–Kier alpha value is -0.130. The summed E-state index contributed by atoms with van der Waals surface area (Å²) in [4.78, 5) is 5.50. The average Bonchev–Trinajstić information content (AvgIpc) is 2.69. The Morgan fingerprint density at radius 2 is 2.00 bits per heavy atom. The smallest absolute Gasteiger partial charge is 0.158 e. The SMILES string of the molecule is O=S1(=O)CCN2OCC1C21CCCC1. The van der Waals surface area contributed by atoms with Gasteiger partial charge in [0.05, 0.1) is 17.9 Å². The van der Waals surface area contributed by atoms with Gasteiger partial charge in [-0.2, -0.15) is 5.06 Å². The lowest BCUT2D eigenvalue weighted by molar-refractivity contribution is -0.158. The van der Waals surface area contributed by atoms with Crippen LogP contribution in [-0.2, 0) is 14.7 Å². The van der Waals surface area contributed by atoms with Crippen molar-refractivity contribution < 1.29 is 13.3 Å². The number of hydrogen-bond donors (Lipinski definition) is 0. The van der Waals surface area contributed by atoms with E-state index in [9.17, 15) is 8.42 Å². The van der Waals surface area contributed by atoms with Crippen molar-refractivity contribution in [2.75, 3.05) is 18.9 Å². The van der Waals surface area contributed by atoms with E-state index in [4.69, 9.17) is 4.84 Å². The van der Waals surface area contributed by atoms with E-state index in [0.29, 0.717) is 13.2 Å². The minimum absolute atomic E-state index is 0.142.